The van der Waals surface area contributed by atoms with E-state index in [-0.39, 0.29) is 11.9 Å². The first-order valence-electron chi connectivity index (χ1n) is 10.1. The van der Waals surface area contributed by atoms with Gasteiger partial charge in [0.15, 0.2) is 17.7 Å². The molecule has 32 heavy (non-hydrogen) atoms. The Hall–Kier alpha value is -3.05. The molecular formula is C21H19ClN6O4. The molecular weight excluding hydrogens is 436 g/mol. The zero-order valence-corrected chi connectivity index (χ0v) is 17.4. The fourth-order valence-corrected chi connectivity index (χ4v) is 4.75. The van der Waals surface area contributed by atoms with Crippen molar-refractivity contribution in [1.82, 2.24) is 24.5 Å². The standard InChI is InChI=1S/C21H19ClN6O4/c22-14-4-2-10-1-3-11(5-13(10)27-14)31-12-6-21(7-12)17(30)16(29)20(32-21)28-9-26-15-18(23)24-8-25-19(15)28/h1-5,8-9,12,16-17,20,29-30H,6-7H2,(H2,23,24,25)/t12-,16-,17+,20-,21+/m1/s1. The van der Waals surface area contributed by atoms with Crippen LogP contribution in [-0.4, -0.2) is 58.6 Å². The molecule has 1 saturated heterocycles. The fourth-order valence-electron chi connectivity index (χ4n) is 4.59. The lowest BCUT2D eigenvalue weighted by Crippen LogP contribution is -2.57. The average Bonchev–Trinajstić information content (AvgIpc) is 3.29. The number of imidazole rings is 1. The number of aliphatic hydroxyl groups is 2. The molecule has 0 amide bonds. The fraction of sp³-hybridized carbons (Fsp3) is 0.333. The Morgan fingerprint density at radius 1 is 1.16 bits per heavy atom. The summed E-state index contributed by atoms with van der Waals surface area (Å²) < 4.78 is 13.8. The number of ether oxygens (including phenoxy) is 2. The summed E-state index contributed by atoms with van der Waals surface area (Å²) in [7, 11) is 0. The smallest absolute Gasteiger partial charge is 0.167 e. The highest BCUT2D eigenvalue weighted by molar-refractivity contribution is 6.29. The number of nitrogen functional groups attached to an aromatic ring is 1. The summed E-state index contributed by atoms with van der Waals surface area (Å²) in [4.78, 5) is 16.6. The van der Waals surface area contributed by atoms with Gasteiger partial charge in [0.05, 0.1) is 11.8 Å². The lowest BCUT2D eigenvalue weighted by molar-refractivity contribution is -0.182. The summed E-state index contributed by atoms with van der Waals surface area (Å²) in [5.74, 6) is 0.893. The van der Waals surface area contributed by atoms with Crippen LogP contribution in [-0.2, 0) is 4.74 Å². The number of nitrogens with zero attached hydrogens (tertiary/aromatic N) is 5. The van der Waals surface area contributed by atoms with Crippen LogP contribution in [0.3, 0.4) is 0 Å². The molecule has 2 aliphatic rings. The normalized spacial score (nSPS) is 29.6. The number of rotatable bonds is 3. The number of aromatic nitrogens is 5. The summed E-state index contributed by atoms with van der Waals surface area (Å²) in [5.41, 5.74) is 6.52. The van der Waals surface area contributed by atoms with Crippen LogP contribution in [0.4, 0.5) is 5.82 Å². The summed E-state index contributed by atoms with van der Waals surface area (Å²) >= 11 is 5.99. The van der Waals surface area contributed by atoms with Gasteiger partial charge in [0.1, 0.15) is 46.7 Å². The molecule has 4 heterocycles. The second kappa shape index (κ2) is 6.97. The molecule has 10 nitrogen and oxygen atoms in total. The molecule has 4 aromatic rings. The van der Waals surface area contributed by atoms with Gasteiger partial charge in [-0.05, 0) is 24.3 Å². The minimum Gasteiger partial charge on any atom is -0.490 e. The quantitative estimate of drug-likeness (QED) is 0.395. The maximum Gasteiger partial charge on any atom is 0.167 e. The minimum atomic E-state index is -1.16. The van der Waals surface area contributed by atoms with Crippen LogP contribution in [0.1, 0.15) is 19.1 Å². The summed E-state index contributed by atoms with van der Waals surface area (Å²) in [5, 5.41) is 22.9. The van der Waals surface area contributed by atoms with Crippen molar-refractivity contribution in [2.24, 2.45) is 0 Å². The van der Waals surface area contributed by atoms with Gasteiger partial charge in [0.2, 0.25) is 0 Å². The van der Waals surface area contributed by atoms with E-state index in [0.29, 0.717) is 34.9 Å². The molecule has 4 N–H and O–H groups in total. The van der Waals surface area contributed by atoms with Gasteiger partial charge in [0, 0.05) is 24.3 Å². The topological polar surface area (TPSA) is 141 Å². The van der Waals surface area contributed by atoms with Crippen molar-refractivity contribution in [1.29, 1.82) is 0 Å². The molecule has 1 saturated carbocycles. The van der Waals surface area contributed by atoms with Crippen LogP contribution < -0.4 is 10.5 Å². The van der Waals surface area contributed by atoms with E-state index < -0.39 is 24.0 Å². The first-order chi connectivity index (χ1) is 15.4. The van der Waals surface area contributed by atoms with Crippen LogP contribution in [0.25, 0.3) is 22.1 Å². The van der Waals surface area contributed by atoms with Gasteiger partial charge in [-0.1, -0.05) is 11.6 Å². The molecule has 3 atom stereocenters. The summed E-state index contributed by atoms with van der Waals surface area (Å²) in [6, 6.07) is 9.26. The van der Waals surface area contributed by atoms with Gasteiger partial charge in [-0.15, -0.1) is 0 Å². The van der Waals surface area contributed by atoms with Crippen LogP contribution in [0, 0.1) is 0 Å². The third-order valence-corrected chi connectivity index (χ3v) is 6.46. The van der Waals surface area contributed by atoms with Crippen molar-refractivity contribution in [3.63, 3.8) is 0 Å². The van der Waals surface area contributed by atoms with Crippen LogP contribution in [0.5, 0.6) is 5.75 Å². The predicted octanol–water partition coefficient (Wildman–Crippen LogP) is 1.84. The highest BCUT2D eigenvalue weighted by atomic mass is 35.5. The monoisotopic (exact) mass is 454 g/mol. The van der Waals surface area contributed by atoms with Crippen molar-refractivity contribution in [3.05, 3.63) is 48.1 Å². The van der Waals surface area contributed by atoms with E-state index in [0.717, 1.165) is 10.9 Å². The molecule has 2 fully saturated rings. The zero-order chi connectivity index (χ0) is 22.0. The van der Waals surface area contributed by atoms with Crippen LogP contribution in [0.15, 0.2) is 43.0 Å². The number of nitrogens with two attached hydrogens (primary N) is 1. The number of halogens is 1. The Kier molecular flexibility index (Phi) is 4.28. The van der Waals surface area contributed by atoms with Crippen molar-refractivity contribution in [3.8, 4) is 5.75 Å². The Morgan fingerprint density at radius 2 is 1.97 bits per heavy atom. The SMILES string of the molecule is Nc1ncnc2c1ncn2[C@@H]1O[C@]2(C[C@@H](Oc3ccc4ccc(Cl)nc4c3)C2)[C@@H](O)[C@H]1O. The van der Waals surface area contributed by atoms with Crippen LogP contribution in [0.2, 0.25) is 5.15 Å². The van der Waals surface area contributed by atoms with Gasteiger partial charge in [-0.3, -0.25) is 4.57 Å². The molecule has 3 aromatic heterocycles. The largest absolute Gasteiger partial charge is 0.490 e. The van der Waals surface area contributed by atoms with E-state index in [9.17, 15) is 10.2 Å². The second-order valence-electron chi connectivity index (χ2n) is 8.23. The third kappa shape index (κ3) is 2.91. The molecule has 1 spiro atoms. The first kappa shape index (κ1) is 19.6. The lowest BCUT2D eigenvalue weighted by atomic mass is 9.73. The van der Waals surface area contributed by atoms with Crippen LogP contribution >= 0.6 is 11.6 Å². The highest BCUT2D eigenvalue weighted by Gasteiger charge is 2.62. The molecule has 0 unspecified atom stereocenters. The van der Waals surface area contributed by atoms with Crippen molar-refractivity contribution in [2.45, 2.75) is 43.0 Å². The van der Waals surface area contributed by atoms with E-state index in [1.165, 1.54) is 12.7 Å². The minimum absolute atomic E-state index is 0.176. The zero-order valence-electron chi connectivity index (χ0n) is 16.7. The Balaban J connectivity index is 1.20. The number of aliphatic hydroxyl groups excluding tert-OH is 2. The third-order valence-electron chi connectivity index (χ3n) is 6.25. The van der Waals surface area contributed by atoms with E-state index in [1.54, 1.807) is 10.6 Å². The number of anilines is 1. The maximum absolute atomic E-state index is 10.8. The highest BCUT2D eigenvalue weighted by Crippen LogP contribution is 2.50. The average molecular weight is 455 g/mol. The number of pyridine rings is 1. The molecule has 6 rings (SSSR count). The van der Waals surface area contributed by atoms with E-state index in [1.807, 2.05) is 24.3 Å². The summed E-state index contributed by atoms with van der Waals surface area (Å²) in [6.07, 6.45) is 0.385. The molecule has 1 aliphatic heterocycles. The van der Waals surface area contributed by atoms with E-state index in [2.05, 4.69) is 19.9 Å². The molecule has 164 valence electrons. The number of benzene rings is 1. The second-order valence-corrected chi connectivity index (χ2v) is 8.62. The number of hydrogen-bond acceptors (Lipinski definition) is 9. The molecule has 1 aliphatic carbocycles. The molecule has 1 aromatic carbocycles. The maximum atomic E-state index is 10.8. The Morgan fingerprint density at radius 3 is 2.81 bits per heavy atom. The molecule has 11 heteroatoms. The van der Waals surface area contributed by atoms with Gasteiger partial charge in [0.25, 0.3) is 0 Å². The molecule has 0 bridgehead atoms. The Bertz CT molecular complexity index is 1340. The van der Waals surface area contributed by atoms with Gasteiger partial charge in [-0.25, -0.2) is 19.9 Å². The summed E-state index contributed by atoms with van der Waals surface area (Å²) in [6.45, 7) is 0. The first-order valence-corrected chi connectivity index (χ1v) is 10.5. The number of hydrogen-bond donors (Lipinski definition) is 3. The van der Waals surface area contributed by atoms with Crippen molar-refractivity contribution < 1.29 is 19.7 Å². The number of fused-ring (bicyclic) bond motifs is 2. The van der Waals surface area contributed by atoms with Gasteiger partial charge in [-0.2, -0.15) is 0 Å². The van der Waals surface area contributed by atoms with Gasteiger partial charge < -0.3 is 25.4 Å². The molecule has 0 radical (unpaired) electrons. The van der Waals surface area contributed by atoms with Crippen molar-refractivity contribution in [2.75, 3.05) is 5.73 Å². The van der Waals surface area contributed by atoms with E-state index in [4.69, 9.17) is 26.8 Å². The van der Waals surface area contributed by atoms with E-state index >= 15 is 0 Å². The van der Waals surface area contributed by atoms with Gasteiger partial charge >= 0.3 is 0 Å². The predicted molar refractivity (Wildman–Crippen MR) is 115 cm³/mol. The Labute approximate surface area is 186 Å². The van der Waals surface area contributed by atoms with Crippen molar-refractivity contribution >= 4 is 39.5 Å². The lowest BCUT2D eigenvalue weighted by Gasteiger charge is -2.45.